The minimum atomic E-state index is -1.17. The van der Waals surface area contributed by atoms with Crippen LogP contribution in [0.3, 0.4) is 0 Å². The first-order chi connectivity index (χ1) is 13.9. The van der Waals surface area contributed by atoms with Crippen molar-refractivity contribution < 1.29 is 28.6 Å². The number of hydrogen-bond donors (Lipinski definition) is 1. The van der Waals surface area contributed by atoms with Gasteiger partial charge >= 0.3 is 18.0 Å². The number of carbonyl (C=O) groups excluding carboxylic acids is 3. The van der Waals surface area contributed by atoms with E-state index in [1.807, 2.05) is 48.5 Å². The third-order valence-electron chi connectivity index (χ3n) is 4.89. The van der Waals surface area contributed by atoms with E-state index in [4.69, 9.17) is 9.47 Å². The Morgan fingerprint density at radius 3 is 2.07 bits per heavy atom. The van der Waals surface area contributed by atoms with Crippen molar-refractivity contribution in [1.29, 1.82) is 0 Å². The van der Waals surface area contributed by atoms with E-state index in [1.165, 1.54) is 21.0 Å². The molecule has 0 aromatic heterocycles. The smallest absolute Gasteiger partial charge is 0.407 e. The van der Waals surface area contributed by atoms with E-state index in [9.17, 15) is 14.4 Å². The molecule has 2 atom stereocenters. The molecule has 0 saturated carbocycles. The maximum atomic E-state index is 12.4. The molecule has 1 N–H and O–H groups in total. The van der Waals surface area contributed by atoms with Crippen LogP contribution in [0, 0.1) is 0 Å². The second-order valence-electron chi connectivity index (χ2n) is 6.79. The summed E-state index contributed by atoms with van der Waals surface area (Å²) in [6.07, 6.45) is -1.69. The van der Waals surface area contributed by atoms with Crippen molar-refractivity contribution in [3.8, 4) is 11.1 Å². The first-order valence-electron chi connectivity index (χ1n) is 9.29. The molecule has 7 heteroatoms. The van der Waals surface area contributed by atoms with E-state index in [1.54, 1.807) is 0 Å². The summed E-state index contributed by atoms with van der Waals surface area (Å²) >= 11 is 0. The number of amides is 1. The molecule has 7 nitrogen and oxygen atoms in total. The quantitative estimate of drug-likeness (QED) is 0.595. The van der Waals surface area contributed by atoms with Crippen molar-refractivity contribution in [3.05, 3.63) is 59.7 Å². The molecule has 0 bridgehead atoms. The molecule has 0 unspecified atom stereocenters. The van der Waals surface area contributed by atoms with Gasteiger partial charge in [0.2, 0.25) is 0 Å². The molecule has 1 aliphatic rings. The number of carbonyl (C=O) groups is 3. The summed E-state index contributed by atoms with van der Waals surface area (Å²) < 4.78 is 15.1. The third kappa shape index (κ3) is 4.39. The van der Waals surface area contributed by atoms with Gasteiger partial charge in [0, 0.05) is 12.8 Å². The van der Waals surface area contributed by atoms with E-state index in [0.29, 0.717) is 0 Å². The zero-order chi connectivity index (χ0) is 21.0. The summed E-state index contributed by atoms with van der Waals surface area (Å²) in [5.41, 5.74) is 4.40. The van der Waals surface area contributed by atoms with Gasteiger partial charge in [-0.3, -0.25) is 4.79 Å². The largest absolute Gasteiger partial charge is 0.467 e. The van der Waals surface area contributed by atoms with Gasteiger partial charge in [-0.25, -0.2) is 9.59 Å². The Balaban J connectivity index is 1.70. The van der Waals surface area contributed by atoms with Gasteiger partial charge in [0.25, 0.3) is 0 Å². The third-order valence-corrected chi connectivity index (χ3v) is 4.89. The first-order valence-corrected chi connectivity index (χ1v) is 9.29. The van der Waals surface area contributed by atoms with E-state index in [0.717, 1.165) is 22.3 Å². The van der Waals surface area contributed by atoms with Crippen LogP contribution in [0.5, 0.6) is 0 Å². The number of fused-ring (bicyclic) bond motifs is 3. The molecule has 0 radical (unpaired) electrons. The van der Waals surface area contributed by atoms with Crippen LogP contribution < -0.4 is 5.32 Å². The Kier molecular flexibility index (Phi) is 6.16. The Hall–Kier alpha value is -3.35. The van der Waals surface area contributed by atoms with Crippen LogP contribution >= 0.6 is 0 Å². The number of ether oxygens (including phenoxy) is 3. The molecular weight excluding hydrogens is 374 g/mol. The summed E-state index contributed by atoms with van der Waals surface area (Å²) in [7, 11) is 1.19. The molecule has 1 amide bonds. The molecular formula is C22H23NO6. The van der Waals surface area contributed by atoms with Gasteiger partial charge in [0.15, 0.2) is 6.04 Å². The predicted molar refractivity (Wildman–Crippen MR) is 105 cm³/mol. The lowest BCUT2D eigenvalue weighted by molar-refractivity contribution is -0.154. The molecule has 1 aliphatic carbocycles. The van der Waals surface area contributed by atoms with Crippen molar-refractivity contribution in [2.24, 2.45) is 0 Å². The second kappa shape index (κ2) is 8.77. The average Bonchev–Trinajstić information content (AvgIpc) is 3.03. The van der Waals surface area contributed by atoms with Gasteiger partial charge in [0.05, 0.1) is 7.11 Å². The Labute approximate surface area is 169 Å². The highest BCUT2D eigenvalue weighted by Crippen LogP contribution is 2.44. The Morgan fingerprint density at radius 1 is 1.00 bits per heavy atom. The van der Waals surface area contributed by atoms with E-state index in [2.05, 4.69) is 10.1 Å². The summed E-state index contributed by atoms with van der Waals surface area (Å²) in [4.78, 5) is 35.5. The van der Waals surface area contributed by atoms with Gasteiger partial charge < -0.3 is 19.5 Å². The van der Waals surface area contributed by atoms with Crippen molar-refractivity contribution in [3.63, 3.8) is 0 Å². The highest BCUT2D eigenvalue weighted by molar-refractivity contribution is 5.83. The number of alkyl carbamates (subject to hydrolysis) is 1. The van der Waals surface area contributed by atoms with Crippen LogP contribution in [0.1, 0.15) is 30.9 Å². The predicted octanol–water partition coefficient (Wildman–Crippen LogP) is 3.02. The summed E-state index contributed by atoms with van der Waals surface area (Å²) in [6, 6.07) is 14.8. The number of benzene rings is 2. The highest BCUT2D eigenvalue weighted by atomic mass is 16.6. The van der Waals surface area contributed by atoms with E-state index < -0.39 is 30.2 Å². The van der Waals surface area contributed by atoms with Crippen molar-refractivity contribution in [1.82, 2.24) is 5.32 Å². The topological polar surface area (TPSA) is 90.9 Å². The number of rotatable bonds is 6. The molecule has 2 aromatic rings. The van der Waals surface area contributed by atoms with Gasteiger partial charge in [-0.2, -0.15) is 0 Å². The first kappa shape index (κ1) is 20.4. The zero-order valence-electron chi connectivity index (χ0n) is 16.5. The number of nitrogens with one attached hydrogen (secondary N) is 1. The SMILES string of the molecule is COC(=O)[C@@H](NC(=O)OCC1c2ccccc2-c2ccccc21)[C@H](C)OC(C)=O. The molecule has 0 heterocycles. The molecule has 0 saturated heterocycles. The maximum Gasteiger partial charge on any atom is 0.407 e. The number of esters is 2. The normalized spacial score (nSPS) is 14.2. The van der Waals surface area contributed by atoms with Crippen LogP contribution in [0.4, 0.5) is 4.79 Å². The fourth-order valence-electron chi connectivity index (χ4n) is 3.59. The molecule has 0 spiro atoms. The van der Waals surface area contributed by atoms with Crippen molar-refractivity contribution in [2.75, 3.05) is 13.7 Å². The molecule has 2 aromatic carbocycles. The van der Waals surface area contributed by atoms with Gasteiger partial charge in [0.1, 0.15) is 12.7 Å². The standard InChI is InChI=1S/C22H23NO6/c1-13(29-14(2)24)20(21(25)27-3)23-22(26)28-12-19-17-10-6-4-8-15(17)16-9-5-7-11-18(16)19/h4-11,13,19-20H,12H2,1-3H3,(H,23,26)/t13-,20-/m0/s1. The molecule has 0 fully saturated rings. The number of hydrogen-bond acceptors (Lipinski definition) is 6. The summed E-state index contributed by atoms with van der Waals surface area (Å²) in [6.45, 7) is 2.82. The van der Waals surface area contributed by atoms with Gasteiger partial charge in [-0.1, -0.05) is 48.5 Å². The van der Waals surface area contributed by atoms with Crippen LogP contribution in [0.15, 0.2) is 48.5 Å². The van der Waals surface area contributed by atoms with Crippen LogP contribution in [0.25, 0.3) is 11.1 Å². The zero-order valence-corrected chi connectivity index (χ0v) is 16.5. The van der Waals surface area contributed by atoms with E-state index in [-0.39, 0.29) is 12.5 Å². The lowest BCUT2D eigenvalue weighted by Crippen LogP contribution is -2.49. The Bertz CT molecular complexity index is 880. The van der Waals surface area contributed by atoms with Crippen molar-refractivity contribution in [2.45, 2.75) is 31.9 Å². The fourth-order valence-corrected chi connectivity index (χ4v) is 3.59. The minimum Gasteiger partial charge on any atom is -0.467 e. The van der Waals surface area contributed by atoms with Crippen molar-refractivity contribution >= 4 is 18.0 Å². The minimum absolute atomic E-state index is 0.101. The van der Waals surface area contributed by atoms with E-state index >= 15 is 0 Å². The van der Waals surface area contributed by atoms with Gasteiger partial charge in [-0.15, -0.1) is 0 Å². The highest BCUT2D eigenvalue weighted by Gasteiger charge is 2.32. The molecule has 0 aliphatic heterocycles. The number of methoxy groups -OCH3 is 1. The van der Waals surface area contributed by atoms with Crippen LogP contribution in [-0.2, 0) is 23.8 Å². The summed E-state index contributed by atoms with van der Waals surface area (Å²) in [5.74, 6) is -1.40. The monoisotopic (exact) mass is 397 g/mol. The van der Waals surface area contributed by atoms with Crippen LogP contribution in [-0.4, -0.2) is 43.9 Å². The fraction of sp³-hybridized carbons (Fsp3) is 0.318. The summed E-state index contributed by atoms with van der Waals surface area (Å²) in [5, 5.41) is 2.43. The Morgan fingerprint density at radius 2 is 1.55 bits per heavy atom. The van der Waals surface area contributed by atoms with Gasteiger partial charge in [-0.05, 0) is 29.2 Å². The molecule has 152 valence electrons. The average molecular weight is 397 g/mol. The van der Waals surface area contributed by atoms with Crippen LogP contribution in [0.2, 0.25) is 0 Å². The molecule has 29 heavy (non-hydrogen) atoms. The lowest BCUT2D eigenvalue weighted by atomic mass is 9.98. The second-order valence-corrected chi connectivity index (χ2v) is 6.79. The maximum absolute atomic E-state index is 12.4. The lowest BCUT2D eigenvalue weighted by Gasteiger charge is -2.23. The molecule has 3 rings (SSSR count).